The number of amides is 2. The molecule has 26 heavy (non-hydrogen) atoms. The molecule has 1 aromatic carbocycles. The van der Waals surface area contributed by atoms with Gasteiger partial charge in [-0.3, -0.25) is 0 Å². The highest BCUT2D eigenvalue weighted by Gasteiger charge is 2.24. The standard InChI is InChI=1S/C17H25N3O5S/c1-25-16(21)15-5-3-13(4-6-15)11-18-17(22)19-12-14-7-9-20(10-8-14)26(2,23)24/h3-6,14H,7-12H2,1-2H3,(H2,18,19,22). The minimum absolute atomic E-state index is 0.271. The van der Waals surface area contributed by atoms with Gasteiger partial charge in [-0.2, -0.15) is 0 Å². The Hall–Kier alpha value is -2.13. The first-order chi connectivity index (χ1) is 12.3. The van der Waals surface area contributed by atoms with Crippen LogP contribution in [0.25, 0.3) is 0 Å². The Balaban J connectivity index is 1.69. The Morgan fingerprint density at radius 2 is 1.77 bits per heavy atom. The summed E-state index contributed by atoms with van der Waals surface area (Å²) in [5.74, 6) is -0.123. The van der Waals surface area contributed by atoms with Crippen LogP contribution in [0.5, 0.6) is 0 Å². The van der Waals surface area contributed by atoms with Gasteiger partial charge in [-0.25, -0.2) is 22.3 Å². The lowest BCUT2D eigenvalue weighted by Gasteiger charge is -2.30. The normalized spacial score (nSPS) is 16.1. The van der Waals surface area contributed by atoms with Crippen molar-refractivity contribution in [3.63, 3.8) is 0 Å². The number of methoxy groups -OCH3 is 1. The number of urea groups is 1. The molecule has 0 atom stereocenters. The fourth-order valence-corrected chi connectivity index (χ4v) is 3.68. The van der Waals surface area contributed by atoms with E-state index in [4.69, 9.17) is 0 Å². The number of rotatable bonds is 6. The smallest absolute Gasteiger partial charge is 0.337 e. The lowest BCUT2D eigenvalue weighted by molar-refractivity contribution is 0.0600. The molecule has 1 fully saturated rings. The zero-order chi connectivity index (χ0) is 19.2. The van der Waals surface area contributed by atoms with Gasteiger partial charge in [0, 0.05) is 26.2 Å². The molecular weight excluding hydrogens is 358 g/mol. The topological polar surface area (TPSA) is 105 Å². The molecule has 0 aliphatic carbocycles. The Morgan fingerprint density at radius 1 is 1.15 bits per heavy atom. The summed E-state index contributed by atoms with van der Waals surface area (Å²) in [5.41, 5.74) is 1.33. The van der Waals surface area contributed by atoms with Crippen LogP contribution in [0.15, 0.2) is 24.3 Å². The van der Waals surface area contributed by atoms with Gasteiger partial charge >= 0.3 is 12.0 Å². The second-order valence-corrected chi connectivity index (χ2v) is 8.34. The van der Waals surface area contributed by atoms with Crippen LogP contribution in [0.3, 0.4) is 0 Å². The van der Waals surface area contributed by atoms with Crippen molar-refractivity contribution < 1.29 is 22.7 Å². The maximum Gasteiger partial charge on any atom is 0.337 e. The molecule has 1 aromatic rings. The van der Waals surface area contributed by atoms with Crippen molar-refractivity contribution in [1.82, 2.24) is 14.9 Å². The van der Waals surface area contributed by atoms with E-state index in [-0.39, 0.29) is 11.9 Å². The van der Waals surface area contributed by atoms with E-state index in [9.17, 15) is 18.0 Å². The van der Waals surface area contributed by atoms with Crippen molar-refractivity contribution >= 4 is 22.0 Å². The molecule has 2 N–H and O–H groups in total. The lowest BCUT2D eigenvalue weighted by atomic mass is 9.98. The van der Waals surface area contributed by atoms with Crippen molar-refractivity contribution in [2.75, 3.05) is 33.0 Å². The zero-order valence-electron chi connectivity index (χ0n) is 15.0. The van der Waals surface area contributed by atoms with Gasteiger partial charge in [0.15, 0.2) is 0 Å². The van der Waals surface area contributed by atoms with E-state index in [0.717, 1.165) is 18.4 Å². The predicted molar refractivity (Wildman–Crippen MR) is 97.2 cm³/mol. The minimum Gasteiger partial charge on any atom is -0.465 e. The van der Waals surface area contributed by atoms with E-state index in [0.29, 0.717) is 31.7 Å². The first kappa shape index (κ1) is 20.2. The van der Waals surface area contributed by atoms with Crippen LogP contribution in [0.4, 0.5) is 4.79 Å². The van der Waals surface area contributed by atoms with Gasteiger partial charge in [-0.15, -0.1) is 0 Å². The zero-order valence-corrected chi connectivity index (χ0v) is 15.8. The number of carbonyl (C=O) groups excluding carboxylic acids is 2. The Bertz CT molecular complexity index is 725. The maximum atomic E-state index is 11.9. The molecule has 8 nitrogen and oxygen atoms in total. The molecule has 1 heterocycles. The van der Waals surface area contributed by atoms with Gasteiger partial charge in [-0.05, 0) is 36.5 Å². The number of hydrogen-bond donors (Lipinski definition) is 2. The summed E-state index contributed by atoms with van der Waals surface area (Å²) in [6.45, 7) is 1.86. The molecule has 0 unspecified atom stereocenters. The SMILES string of the molecule is COC(=O)c1ccc(CNC(=O)NCC2CCN(S(C)(=O)=O)CC2)cc1. The van der Waals surface area contributed by atoms with Crippen molar-refractivity contribution in [3.8, 4) is 0 Å². The van der Waals surface area contributed by atoms with Gasteiger partial charge in [0.1, 0.15) is 0 Å². The van der Waals surface area contributed by atoms with Crippen molar-refractivity contribution in [3.05, 3.63) is 35.4 Å². The second kappa shape index (κ2) is 9.00. The molecule has 2 amide bonds. The number of esters is 1. The summed E-state index contributed by atoms with van der Waals surface area (Å²) in [6.07, 6.45) is 2.70. The van der Waals surface area contributed by atoms with E-state index >= 15 is 0 Å². The summed E-state index contributed by atoms with van der Waals surface area (Å²) in [4.78, 5) is 23.3. The average Bonchev–Trinajstić information content (AvgIpc) is 2.64. The molecule has 9 heteroatoms. The average molecular weight is 383 g/mol. The van der Waals surface area contributed by atoms with Gasteiger partial charge in [-0.1, -0.05) is 12.1 Å². The first-order valence-corrected chi connectivity index (χ1v) is 10.3. The van der Waals surface area contributed by atoms with Crippen LogP contribution in [0.1, 0.15) is 28.8 Å². The molecule has 2 rings (SSSR count). The number of nitrogens with zero attached hydrogens (tertiary/aromatic N) is 1. The quantitative estimate of drug-likeness (QED) is 0.712. The Labute approximate surface area is 153 Å². The van der Waals surface area contributed by atoms with Crippen molar-refractivity contribution in [2.24, 2.45) is 5.92 Å². The first-order valence-electron chi connectivity index (χ1n) is 8.43. The molecule has 0 spiro atoms. The maximum absolute atomic E-state index is 11.9. The summed E-state index contributed by atoms with van der Waals surface area (Å²) in [7, 11) is -1.80. The third-order valence-electron chi connectivity index (χ3n) is 4.42. The van der Waals surface area contributed by atoms with Crippen LogP contribution in [-0.2, 0) is 21.3 Å². The molecule has 1 saturated heterocycles. The highest BCUT2D eigenvalue weighted by atomic mass is 32.2. The van der Waals surface area contributed by atoms with E-state index in [1.54, 1.807) is 24.3 Å². The third-order valence-corrected chi connectivity index (χ3v) is 5.73. The van der Waals surface area contributed by atoms with Gasteiger partial charge in [0.25, 0.3) is 0 Å². The lowest BCUT2D eigenvalue weighted by Crippen LogP contribution is -2.43. The van der Waals surface area contributed by atoms with Gasteiger partial charge < -0.3 is 15.4 Å². The fraction of sp³-hybridized carbons (Fsp3) is 0.529. The molecule has 0 saturated carbocycles. The van der Waals surface area contributed by atoms with Gasteiger partial charge in [0.05, 0.1) is 18.9 Å². The van der Waals surface area contributed by atoms with E-state index in [2.05, 4.69) is 15.4 Å². The second-order valence-electron chi connectivity index (χ2n) is 6.36. The Morgan fingerprint density at radius 3 is 2.31 bits per heavy atom. The summed E-state index contributed by atoms with van der Waals surface area (Å²) in [6, 6.07) is 6.54. The van der Waals surface area contributed by atoms with Crippen LogP contribution in [-0.4, -0.2) is 57.7 Å². The predicted octanol–water partition coefficient (Wildman–Crippen LogP) is 0.944. The number of sulfonamides is 1. The van der Waals surface area contributed by atoms with Gasteiger partial charge in [0.2, 0.25) is 10.0 Å². The molecular formula is C17H25N3O5S. The van der Waals surface area contributed by atoms with Crippen LogP contribution in [0.2, 0.25) is 0 Å². The highest BCUT2D eigenvalue weighted by Crippen LogP contribution is 2.18. The van der Waals surface area contributed by atoms with Crippen LogP contribution >= 0.6 is 0 Å². The third kappa shape index (κ3) is 5.99. The summed E-state index contributed by atoms with van der Waals surface area (Å²) >= 11 is 0. The number of ether oxygens (including phenoxy) is 1. The van der Waals surface area contributed by atoms with E-state index in [1.165, 1.54) is 17.7 Å². The molecule has 0 radical (unpaired) electrons. The number of benzene rings is 1. The summed E-state index contributed by atoms with van der Waals surface area (Å²) in [5, 5.41) is 5.58. The molecule has 144 valence electrons. The molecule has 1 aliphatic rings. The highest BCUT2D eigenvalue weighted by molar-refractivity contribution is 7.88. The monoisotopic (exact) mass is 383 g/mol. The number of carbonyl (C=O) groups is 2. The minimum atomic E-state index is -3.13. The van der Waals surface area contributed by atoms with E-state index in [1.807, 2.05) is 0 Å². The van der Waals surface area contributed by atoms with Crippen LogP contribution in [0, 0.1) is 5.92 Å². The van der Waals surface area contributed by atoms with Crippen LogP contribution < -0.4 is 10.6 Å². The van der Waals surface area contributed by atoms with E-state index < -0.39 is 16.0 Å². The largest absolute Gasteiger partial charge is 0.465 e. The number of nitrogens with one attached hydrogen (secondary N) is 2. The van der Waals surface area contributed by atoms with Crippen molar-refractivity contribution in [1.29, 1.82) is 0 Å². The van der Waals surface area contributed by atoms with Crippen molar-refractivity contribution in [2.45, 2.75) is 19.4 Å². The molecule has 0 bridgehead atoms. The summed E-state index contributed by atoms with van der Waals surface area (Å²) < 4.78 is 29.1. The molecule has 0 aromatic heterocycles. The fourth-order valence-electron chi connectivity index (χ4n) is 2.80. The Kier molecular flexibility index (Phi) is 6.98. The molecule has 1 aliphatic heterocycles. The number of piperidine rings is 1. The number of hydrogen-bond acceptors (Lipinski definition) is 5.